The Morgan fingerprint density at radius 1 is 1.23 bits per heavy atom. The van der Waals surface area contributed by atoms with Gasteiger partial charge in [-0.3, -0.25) is 4.79 Å². The van der Waals surface area contributed by atoms with Gasteiger partial charge in [0.15, 0.2) is 0 Å². The van der Waals surface area contributed by atoms with Crippen molar-refractivity contribution in [3.05, 3.63) is 57.8 Å². The van der Waals surface area contributed by atoms with Crippen LogP contribution in [0, 0.1) is 0 Å². The van der Waals surface area contributed by atoms with Crippen LogP contribution in [0.5, 0.6) is 0 Å². The van der Waals surface area contributed by atoms with Crippen molar-refractivity contribution in [3.8, 4) is 0 Å². The zero-order chi connectivity index (χ0) is 15.5. The molecule has 0 bridgehead atoms. The fourth-order valence-corrected chi connectivity index (χ4v) is 3.86. The summed E-state index contributed by atoms with van der Waals surface area (Å²) in [7, 11) is 0. The first-order chi connectivity index (χ1) is 10.7. The van der Waals surface area contributed by atoms with Gasteiger partial charge in [-0.1, -0.05) is 24.3 Å². The smallest absolute Gasteiger partial charge is 0.335 e. The fourth-order valence-electron chi connectivity index (χ4n) is 2.99. The molecule has 1 fully saturated rings. The molecule has 4 nitrogen and oxygen atoms in total. The van der Waals surface area contributed by atoms with Crippen molar-refractivity contribution in [1.29, 1.82) is 0 Å². The molecule has 1 aromatic carbocycles. The van der Waals surface area contributed by atoms with E-state index in [0.29, 0.717) is 5.56 Å². The monoisotopic (exact) mass is 315 g/mol. The summed E-state index contributed by atoms with van der Waals surface area (Å²) >= 11 is 1.67. The van der Waals surface area contributed by atoms with Crippen molar-refractivity contribution in [3.63, 3.8) is 0 Å². The van der Waals surface area contributed by atoms with Gasteiger partial charge in [-0.05, 0) is 35.9 Å². The maximum Gasteiger partial charge on any atom is 0.335 e. The molecule has 1 aromatic heterocycles. The summed E-state index contributed by atoms with van der Waals surface area (Å²) in [5.41, 5.74) is 0.791. The number of likely N-dealkylation sites (tertiary alicyclic amines) is 1. The van der Waals surface area contributed by atoms with Crippen molar-refractivity contribution < 1.29 is 14.7 Å². The van der Waals surface area contributed by atoms with Crippen LogP contribution in [0.25, 0.3) is 0 Å². The molecule has 1 aliphatic heterocycles. The van der Waals surface area contributed by atoms with Gasteiger partial charge >= 0.3 is 5.97 Å². The molecule has 1 amide bonds. The number of rotatable bonds is 4. The Labute approximate surface area is 133 Å². The predicted molar refractivity (Wildman–Crippen MR) is 85.1 cm³/mol. The maximum atomic E-state index is 12.6. The molecular formula is C17H17NO3S. The third-order valence-electron chi connectivity index (χ3n) is 4.03. The van der Waals surface area contributed by atoms with Gasteiger partial charge in [0.2, 0.25) is 5.91 Å². The number of amides is 1. The molecule has 22 heavy (non-hydrogen) atoms. The van der Waals surface area contributed by atoms with Gasteiger partial charge in [0.1, 0.15) is 0 Å². The minimum Gasteiger partial charge on any atom is -0.478 e. The average molecular weight is 315 g/mol. The number of hydrogen-bond acceptors (Lipinski definition) is 3. The van der Waals surface area contributed by atoms with Crippen LogP contribution in [0.2, 0.25) is 0 Å². The van der Waals surface area contributed by atoms with E-state index in [9.17, 15) is 14.7 Å². The third kappa shape index (κ3) is 2.90. The molecule has 3 rings (SSSR count). The number of carboxylic acids is 1. The summed E-state index contributed by atoms with van der Waals surface area (Å²) in [6, 6.07) is 10.9. The lowest BCUT2D eigenvalue weighted by Crippen LogP contribution is -2.31. The van der Waals surface area contributed by atoms with Gasteiger partial charge in [0, 0.05) is 11.4 Å². The highest BCUT2D eigenvalue weighted by molar-refractivity contribution is 7.10. The second-order valence-corrected chi connectivity index (χ2v) is 6.38. The van der Waals surface area contributed by atoms with Crippen molar-refractivity contribution in [1.82, 2.24) is 4.90 Å². The molecule has 5 heteroatoms. The Morgan fingerprint density at radius 3 is 2.77 bits per heavy atom. The van der Waals surface area contributed by atoms with E-state index >= 15 is 0 Å². The van der Waals surface area contributed by atoms with Gasteiger partial charge < -0.3 is 10.0 Å². The lowest BCUT2D eigenvalue weighted by atomic mass is 10.0. The van der Waals surface area contributed by atoms with E-state index in [-0.39, 0.29) is 23.9 Å². The van der Waals surface area contributed by atoms with Crippen molar-refractivity contribution in [2.75, 3.05) is 6.54 Å². The fraction of sp³-hybridized carbons (Fsp3) is 0.294. The summed E-state index contributed by atoms with van der Waals surface area (Å²) in [6.45, 7) is 0.747. The highest BCUT2D eigenvalue weighted by Gasteiger charge is 2.30. The predicted octanol–water partition coefficient (Wildman–Crippen LogP) is 3.35. The summed E-state index contributed by atoms with van der Waals surface area (Å²) in [4.78, 5) is 27.0. The SMILES string of the molecule is O=C(O)c1ccccc1CC(=O)N1CCCC1c1cccs1. The lowest BCUT2D eigenvalue weighted by molar-refractivity contribution is -0.131. The molecule has 0 spiro atoms. The summed E-state index contributed by atoms with van der Waals surface area (Å²) in [5, 5.41) is 11.2. The van der Waals surface area contributed by atoms with E-state index in [0.717, 1.165) is 19.4 Å². The molecule has 2 aromatic rings. The van der Waals surface area contributed by atoms with Gasteiger partial charge in [0.25, 0.3) is 0 Å². The highest BCUT2D eigenvalue weighted by Crippen LogP contribution is 2.34. The summed E-state index contributed by atoms with van der Waals surface area (Å²) in [5.74, 6) is -0.982. The minimum absolute atomic E-state index is 0.00426. The Hall–Kier alpha value is -2.14. The molecule has 1 N–H and O–H groups in total. The van der Waals surface area contributed by atoms with E-state index in [1.54, 1.807) is 35.6 Å². The largest absolute Gasteiger partial charge is 0.478 e. The first-order valence-corrected chi connectivity index (χ1v) is 8.19. The number of carbonyl (C=O) groups is 2. The number of carboxylic acid groups (broad SMARTS) is 1. The molecule has 2 heterocycles. The topological polar surface area (TPSA) is 57.6 Å². The lowest BCUT2D eigenvalue weighted by Gasteiger charge is -2.24. The van der Waals surface area contributed by atoms with Gasteiger partial charge in [0.05, 0.1) is 18.0 Å². The second-order valence-electron chi connectivity index (χ2n) is 5.40. The number of aromatic carboxylic acids is 1. The molecule has 0 aliphatic carbocycles. The third-order valence-corrected chi connectivity index (χ3v) is 5.01. The number of nitrogens with zero attached hydrogens (tertiary/aromatic N) is 1. The molecule has 1 atom stereocenters. The van der Waals surface area contributed by atoms with E-state index in [4.69, 9.17) is 0 Å². The van der Waals surface area contributed by atoms with Gasteiger partial charge in [-0.2, -0.15) is 0 Å². The molecule has 0 saturated carbocycles. The number of thiophene rings is 1. The minimum atomic E-state index is -0.986. The molecule has 1 unspecified atom stereocenters. The molecule has 0 radical (unpaired) electrons. The summed E-state index contributed by atoms with van der Waals surface area (Å²) < 4.78 is 0. The van der Waals surface area contributed by atoms with Crippen molar-refractivity contribution in [2.45, 2.75) is 25.3 Å². The molecular weight excluding hydrogens is 298 g/mol. The Kier molecular flexibility index (Phi) is 4.24. The first-order valence-electron chi connectivity index (χ1n) is 7.31. The Bertz CT molecular complexity index is 681. The standard InChI is InChI=1S/C17H17NO3S/c19-16(11-12-5-1-2-6-13(12)17(20)21)18-9-3-7-14(18)15-8-4-10-22-15/h1-2,4-6,8,10,14H,3,7,9,11H2,(H,20,21). The van der Waals surface area contributed by atoms with Gasteiger partial charge in [-0.25, -0.2) is 4.79 Å². The molecule has 1 saturated heterocycles. The van der Waals surface area contributed by atoms with E-state index < -0.39 is 5.97 Å². The number of carbonyl (C=O) groups excluding carboxylic acids is 1. The quantitative estimate of drug-likeness (QED) is 0.941. The number of benzene rings is 1. The van der Waals surface area contributed by atoms with Crippen LogP contribution in [0.3, 0.4) is 0 Å². The maximum absolute atomic E-state index is 12.6. The second kappa shape index (κ2) is 6.32. The van der Waals surface area contributed by atoms with Crippen molar-refractivity contribution >= 4 is 23.2 Å². The van der Waals surface area contributed by atoms with Gasteiger partial charge in [-0.15, -0.1) is 11.3 Å². The van der Waals surface area contributed by atoms with Crippen LogP contribution >= 0.6 is 11.3 Å². The summed E-state index contributed by atoms with van der Waals surface area (Å²) in [6.07, 6.45) is 2.12. The zero-order valence-corrected chi connectivity index (χ0v) is 12.9. The normalized spacial score (nSPS) is 17.6. The van der Waals surface area contributed by atoms with Crippen LogP contribution in [-0.2, 0) is 11.2 Å². The van der Waals surface area contributed by atoms with E-state index in [1.165, 1.54) is 4.88 Å². The Morgan fingerprint density at radius 2 is 2.05 bits per heavy atom. The highest BCUT2D eigenvalue weighted by atomic mass is 32.1. The van der Waals surface area contributed by atoms with Crippen LogP contribution in [0.15, 0.2) is 41.8 Å². The molecule has 114 valence electrons. The van der Waals surface area contributed by atoms with E-state index in [2.05, 4.69) is 6.07 Å². The number of hydrogen-bond donors (Lipinski definition) is 1. The van der Waals surface area contributed by atoms with Crippen LogP contribution < -0.4 is 0 Å². The zero-order valence-electron chi connectivity index (χ0n) is 12.1. The van der Waals surface area contributed by atoms with Crippen molar-refractivity contribution in [2.24, 2.45) is 0 Å². The van der Waals surface area contributed by atoms with Crippen LogP contribution in [-0.4, -0.2) is 28.4 Å². The Balaban J connectivity index is 1.79. The van der Waals surface area contributed by atoms with E-state index in [1.807, 2.05) is 16.3 Å². The van der Waals surface area contributed by atoms with Crippen LogP contribution in [0.4, 0.5) is 0 Å². The molecule has 1 aliphatic rings. The first kappa shape index (κ1) is 14.8. The average Bonchev–Trinajstić information content (AvgIpc) is 3.18. The van der Waals surface area contributed by atoms with Crippen LogP contribution in [0.1, 0.15) is 39.7 Å².